The van der Waals surface area contributed by atoms with Crippen LogP contribution in [0.25, 0.3) is 33.7 Å². The zero-order valence-electron chi connectivity index (χ0n) is 22.6. The van der Waals surface area contributed by atoms with Crippen molar-refractivity contribution >= 4 is 68.7 Å². The summed E-state index contributed by atoms with van der Waals surface area (Å²) in [6, 6.07) is 39.1. The monoisotopic (exact) mass is 642 g/mol. The van der Waals surface area contributed by atoms with Gasteiger partial charge < -0.3 is 0 Å². The Bertz CT molecular complexity index is 1770. The average Bonchev–Trinajstić information content (AvgIpc) is 3.46. The molecule has 5 aromatic rings. The molecular formula is C35H34Cl2SiZr. The smallest absolute Gasteiger partial charge is 0.147 e. The van der Waals surface area contributed by atoms with Gasteiger partial charge in [-0.2, -0.15) is 0 Å². The minimum absolute atomic E-state index is 0. The molecule has 5 aromatic carbocycles. The van der Waals surface area contributed by atoms with Crippen LogP contribution in [0, 0.1) is 0 Å². The van der Waals surface area contributed by atoms with Gasteiger partial charge in [-0.15, -0.1) is 24.8 Å². The van der Waals surface area contributed by atoms with E-state index in [1.165, 1.54) is 32.7 Å². The predicted molar refractivity (Wildman–Crippen MR) is 176 cm³/mol. The van der Waals surface area contributed by atoms with E-state index in [1.807, 2.05) is 0 Å². The molecule has 2 unspecified atom stereocenters. The molecule has 0 aliphatic heterocycles. The maximum Gasteiger partial charge on any atom is -0.147 e. The van der Waals surface area contributed by atoms with Gasteiger partial charge in [0.1, 0.15) is 0 Å². The average molecular weight is 645 g/mol. The fourth-order valence-corrected chi connectivity index (χ4v) is 33.2. The van der Waals surface area contributed by atoms with Crippen molar-refractivity contribution in [3.63, 3.8) is 0 Å². The molecule has 0 amide bonds. The molecule has 2 aliphatic carbocycles. The van der Waals surface area contributed by atoms with E-state index in [0.29, 0.717) is 7.25 Å². The van der Waals surface area contributed by atoms with Crippen molar-refractivity contribution < 1.29 is 17.4 Å². The summed E-state index contributed by atoms with van der Waals surface area (Å²) in [6.07, 6.45) is 5.00. The zero-order chi connectivity index (χ0) is 25.4. The molecule has 4 heteroatoms. The van der Waals surface area contributed by atoms with Gasteiger partial charge in [-0.1, -0.05) is 0 Å². The SMILES string of the molecule is CC1=Cc2ccc3ccccc3c2[CH]1[Zr]([CH3])(=[SiH2])([c]1ccccc1)[CH]1C(C)=Cc2ccc3ccccc3c21.Cl.Cl. The van der Waals surface area contributed by atoms with Gasteiger partial charge in [0.25, 0.3) is 0 Å². The van der Waals surface area contributed by atoms with E-state index in [4.69, 9.17) is 0 Å². The van der Waals surface area contributed by atoms with Gasteiger partial charge in [0.2, 0.25) is 0 Å². The van der Waals surface area contributed by atoms with Gasteiger partial charge in [0.15, 0.2) is 0 Å². The number of rotatable bonds is 3. The molecule has 2 atom stereocenters. The number of fused-ring (bicyclic) bond motifs is 6. The molecule has 0 saturated carbocycles. The van der Waals surface area contributed by atoms with Gasteiger partial charge in [0, 0.05) is 0 Å². The van der Waals surface area contributed by atoms with Crippen molar-refractivity contribution in [2.24, 2.45) is 0 Å². The van der Waals surface area contributed by atoms with Gasteiger partial charge in [-0.3, -0.25) is 0 Å². The Balaban J connectivity index is 0.00000154. The van der Waals surface area contributed by atoms with Crippen LogP contribution in [0.3, 0.4) is 0 Å². The molecule has 39 heavy (non-hydrogen) atoms. The van der Waals surface area contributed by atoms with E-state index < -0.39 is 17.4 Å². The molecule has 0 bridgehead atoms. The molecule has 2 aliphatic rings. The van der Waals surface area contributed by atoms with Crippen molar-refractivity contribution in [3.8, 4) is 0 Å². The summed E-state index contributed by atoms with van der Waals surface area (Å²) in [5.74, 6) is 0. The summed E-state index contributed by atoms with van der Waals surface area (Å²) in [6.45, 7) is 7.26. The maximum atomic E-state index is 2.77. The van der Waals surface area contributed by atoms with E-state index in [2.05, 4.69) is 141 Å². The minimum Gasteiger partial charge on any atom is -0.147 e. The van der Waals surface area contributed by atoms with Crippen LogP contribution in [-0.2, 0) is 17.4 Å². The van der Waals surface area contributed by atoms with Crippen molar-refractivity contribution in [3.05, 3.63) is 137 Å². The van der Waals surface area contributed by atoms with E-state index >= 15 is 0 Å². The summed E-state index contributed by atoms with van der Waals surface area (Å²) in [4.78, 5) is 0. The molecule has 0 aromatic heterocycles. The fraction of sp³-hybridized carbons (Fsp3) is 0.143. The fourth-order valence-electron chi connectivity index (χ4n) is 8.12. The number of halogens is 2. The maximum absolute atomic E-state index is 4.03. The summed E-state index contributed by atoms with van der Waals surface area (Å²) < 4.78 is 5.27. The second-order valence-electron chi connectivity index (χ2n) is 11.8. The van der Waals surface area contributed by atoms with Crippen molar-refractivity contribution in [1.82, 2.24) is 0 Å². The van der Waals surface area contributed by atoms with Crippen LogP contribution in [0.5, 0.6) is 0 Å². The van der Waals surface area contributed by atoms with Crippen LogP contribution in [0.1, 0.15) is 43.4 Å². The second kappa shape index (κ2) is 10.0. The molecule has 0 nitrogen and oxygen atoms in total. The third-order valence-corrected chi connectivity index (χ3v) is 33.2. The standard InChI is InChI=1S/2C14H11.C6H5.CH3.2ClH.H2Si.Zr/c2*1-10-8-12-7-6-11-4-2-3-5-13(11)14(12)9-10;1-2-4-6-5-3-1;;;;;/h2*2-9H,1H3;1-5H;1H3;2*1H;1H2;. The predicted octanol–water partition coefficient (Wildman–Crippen LogP) is 9.06. The van der Waals surface area contributed by atoms with Crippen molar-refractivity contribution in [1.29, 1.82) is 0 Å². The van der Waals surface area contributed by atoms with Crippen LogP contribution in [0.15, 0.2) is 114 Å². The number of hydrogen-bond donors (Lipinski definition) is 0. The third kappa shape index (κ3) is 3.94. The van der Waals surface area contributed by atoms with E-state index in [9.17, 15) is 0 Å². The molecule has 0 heterocycles. The Morgan fingerprint density at radius 1 is 0.538 bits per heavy atom. The van der Waals surface area contributed by atoms with Crippen LogP contribution in [0.2, 0.25) is 4.63 Å². The minimum atomic E-state index is -4.03. The van der Waals surface area contributed by atoms with Gasteiger partial charge in [-0.05, 0) is 0 Å². The van der Waals surface area contributed by atoms with Gasteiger partial charge >= 0.3 is 224 Å². The molecule has 0 spiro atoms. The molecule has 7 rings (SSSR count). The molecule has 0 fully saturated rings. The Morgan fingerprint density at radius 2 is 0.949 bits per heavy atom. The topological polar surface area (TPSA) is 0 Å². The molecule has 0 radical (unpaired) electrons. The Hall–Kier alpha value is -2.22. The first-order valence-corrected chi connectivity index (χ1v) is 25.8. The Kier molecular flexibility index (Phi) is 7.26. The van der Waals surface area contributed by atoms with Crippen LogP contribution in [0.4, 0.5) is 0 Å². The first-order chi connectivity index (χ1) is 17.9. The molecule has 0 saturated heterocycles. The summed E-state index contributed by atoms with van der Waals surface area (Å²) in [5, 5.41) is 5.57. The number of benzene rings is 5. The molecule has 0 N–H and O–H groups in total. The number of hydrogen-bond acceptors (Lipinski definition) is 0. The van der Waals surface area contributed by atoms with Crippen LogP contribution >= 0.6 is 24.8 Å². The van der Waals surface area contributed by atoms with Gasteiger partial charge in [0.05, 0.1) is 0 Å². The second-order valence-corrected chi connectivity index (χ2v) is 38.1. The van der Waals surface area contributed by atoms with Crippen LogP contribution < -0.4 is 3.27 Å². The molecule has 196 valence electrons. The van der Waals surface area contributed by atoms with Gasteiger partial charge in [-0.25, -0.2) is 0 Å². The van der Waals surface area contributed by atoms with Crippen molar-refractivity contribution in [2.75, 3.05) is 0 Å². The summed E-state index contributed by atoms with van der Waals surface area (Å²) >= 11 is -4.03. The third-order valence-electron chi connectivity index (χ3n) is 9.47. The Labute approximate surface area is 246 Å². The quantitative estimate of drug-likeness (QED) is 0.172. The largest absolute Gasteiger partial charge is 0.147 e. The van der Waals surface area contributed by atoms with E-state index in [1.54, 1.807) is 25.5 Å². The summed E-state index contributed by atoms with van der Waals surface area (Å²) in [5.41, 5.74) is 9.07. The van der Waals surface area contributed by atoms with E-state index in [-0.39, 0.29) is 24.8 Å². The first kappa shape index (κ1) is 28.3. The van der Waals surface area contributed by atoms with Crippen LogP contribution in [-0.4, -0.2) is 6.88 Å². The van der Waals surface area contributed by atoms with Crippen molar-refractivity contribution in [2.45, 2.75) is 25.7 Å². The molecular weight excluding hydrogens is 611 g/mol. The Morgan fingerprint density at radius 3 is 1.41 bits per heavy atom. The zero-order valence-corrected chi connectivity index (χ0v) is 28.2. The summed E-state index contributed by atoms with van der Waals surface area (Å²) in [7, 11) is 0. The first-order valence-electron chi connectivity index (χ1n) is 13.4. The normalized spacial score (nSPS) is 18.1. The van der Waals surface area contributed by atoms with E-state index in [0.717, 1.165) is 0 Å². The number of allylic oxidation sites excluding steroid dienone is 2.